The predicted octanol–water partition coefficient (Wildman–Crippen LogP) is 4.74. The van der Waals surface area contributed by atoms with Gasteiger partial charge in [0.1, 0.15) is 11.5 Å². The second-order valence-electron chi connectivity index (χ2n) is 4.53. The largest absolute Gasteiger partial charge is 0.457 e. The third-order valence-corrected chi connectivity index (χ3v) is 3.45. The number of nitrogens with two attached hydrogens (primary N) is 1. The summed E-state index contributed by atoms with van der Waals surface area (Å²) in [6.07, 6.45) is 0. The molecule has 0 fully saturated rings. The number of hydrogen-bond acceptors (Lipinski definition) is 2. The van der Waals surface area contributed by atoms with Gasteiger partial charge in [0, 0.05) is 17.0 Å². The van der Waals surface area contributed by atoms with Crippen molar-refractivity contribution in [2.24, 2.45) is 5.73 Å². The summed E-state index contributed by atoms with van der Waals surface area (Å²) in [5.74, 6) is 1.53. The van der Waals surface area contributed by atoms with Crippen LogP contribution >= 0.6 is 11.6 Å². The molecule has 0 saturated carbocycles. The van der Waals surface area contributed by atoms with E-state index in [1.54, 1.807) is 6.07 Å². The van der Waals surface area contributed by atoms with Crippen molar-refractivity contribution in [3.63, 3.8) is 0 Å². The minimum absolute atomic E-state index is 0.512. The first-order valence-electron chi connectivity index (χ1n) is 6.42. The van der Waals surface area contributed by atoms with Crippen LogP contribution in [0.5, 0.6) is 11.5 Å². The maximum atomic E-state index is 5.98. The monoisotopic (exact) mass is 283 g/mol. The van der Waals surface area contributed by atoms with E-state index in [1.165, 1.54) is 0 Å². The molecule has 0 unspecified atom stereocenters. The van der Waals surface area contributed by atoms with Gasteiger partial charge in [0.15, 0.2) is 0 Å². The Morgan fingerprint density at radius 1 is 0.900 bits per heavy atom. The smallest absolute Gasteiger partial charge is 0.135 e. The van der Waals surface area contributed by atoms with E-state index < -0.39 is 0 Å². The summed E-state index contributed by atoms with van der Waals surface area (Å²) in [6, 6.07) is 19.4. The molecule has 3 aromatic rings. The highest BCUT2D eigenvalue weighted by Crippen LogP contribution is 2.32. The van der Waals surface area contributed by atoms with Crippen molar-refractivity contribution in [2.75, 3.05) is 0 Å². The highest BCUT2D eigenvalue weighted by molar-refractivity contribution is 6.30. The molecule has 0 radical (unpaired) electrons. The molecule has 0 aliphatic carbocycles. The van der Waals surface area contributed by atoms with Crippen molar-refractivity contribution in [2.45, 2.75) is 6.54 Å². The van der Waals surface area contributed by atoms with Crippen LogP contribution in [-0.2, 0) is 6.54 Å². The molecule has 3 rings (SSSR count). The lowest BCUT2D eigenvalue weighted by Crippen LogP contribution is -1.97. The van der Waals surface area contributed by atoms with E-state index >= 15 is 0 Å². The van der Waals surface area contributed by atoms with E-state index in [2.05, 4.69) is 6.07 Å². The maximum Gasteiger partial charge on any atom is 0.135 e. The highest BCUT2D eigenvalue weighted by Gasteiger charge is 2.06. The summed E-state index contributed by atoms with van der Waals surface area (Å²) in [5, 5.41) is 2.83. The Balaban J connectivity index is 2.08. The predicted molar refractivity (Wildman–Crippen MR) is 83.4 cm³/mol. The summed E-state index contributed by atoms with van der Waals surface area (Å²) in [7, 11) is 0. The molecule has 20 heavy (non-hydrogen) atoms. The van der Waals surface area contributed by atoms with Gasteiger partial charge in [0.25, 0.3) is 0 Å². The van der Waals surface area contributed by atoms with Gasteiger partial charge in [0.2, 0.25) is 0 Å². The van der Waals surface area contributed by atoms with Gasteiger partial charge in [-0.15, -0.1) is 0 Å². The lowest BCUT2D eigenvalue weighted by molar-refractivity contribution is 0.488. The molecular formula is C17H14ClNO. The fraction of sp³-hybridized carbons (Fsp3) is 0.0588. The van der Waals surface area contributed by atoms with Crippen LogP contribution in [-0.4, -0.2) is 0 Å². The number of benzene rings is 3. The van der Waals surface area contributed by atoms with E-state index in [0.717, 1.165) is 27.8 Å². The fourth-order valence-electron chi connectivity index (χ4n) is 2.26. The molecule has 2 N–H and O–H groups in total. The first-order chi connectivity index (χ1) is 9.78. The number of halogens is 1. The first-order valence-corrected chi connectivity index (χ1v) is 6.80. The van der Waals surface area contributed by atoms with Crippen molar-refractivity contribution < 1.29 is 4.74 Å². The third kappa shape index (κ3) is 2.48. The van der Waals surface area contributed by atoms with Crippen LogP contribution in [0.25, 0.3) is 10.8 Å². The Kier molecular flexibility index (Phi) is 3.59. The molecule has 0 heterocycles. The molecular weight excluding hydrogens is 270 g/mol. The van der Waals surface area contributed by atoms with Crippen molar-refractivity contribution in [3.05, 3.63) is 71.2 Å². The molecule has 0 spiro atoms. The summed E-state index contributed by atoms with van der Waals surface area (Å²) in [6.45, 7) is 0.512. The van der Waals surface area contributed by atoms with E-state index in [-0.39, 0.29) is 0 Å². The molecule has 3 heteroatoms. The summed E-state index contributed by atoms with van der Waals surface area (Å²) >= 11 is 5.98. The van der Waals surface area contributed by atoms with Crippen LogP contribution in [0.3, 0.4) is 0 Å². The second kappa shape index (κ2) is 5.53. The summed E-state index contributed by atoms with van der Waals surface area (Å²) in [5.41, 5.74) is 6.89. The van der Waals surface area contributed by atoms with Crippen LogP contribution in [0.15, 0.2) is 60.7 Å². The van der Waals surface area contributed by atoms with Crippen molar-refractivity contribution in [3.8, 4) is 11.5 Å². The first kappa shape index (κ1) is 13.0. The van der Waals surface area contributed by atoms with Gasteiger partial charge in [-0.05, 0) is 35.2 Å². The van der Waals surface area contributed by atoms with Crippen molar-refractivity contribution in [1.82, 2.24) is 0 Å². The fourth-order valence-corrected chi connectivity index (χ4v) is 2.44. The number of fused-ring (bicyclic) bond motifs is 1. The van der Waals surface area contributed by atoms with Gasteiger partial charge in [-0.1, -0.05) is 48.0 Å². The average Bonchev–Trinajstić information content (AvgIpc) is 2.48. The molecule has 0 aromatic heterocycles. The Bertz CT molecular complexity index is 755. The lowest BCUT2D eigenvalue weighted by Gasteiger charge is -2.11. The van der Waals surface area contributed by atoms with Gasteiger partial charge < -0.3 is 10.5 Å². The topological polar surface area (TPSA) is 35.2 Å². The minimum atomic E-state index is 0.512. The van der Waals surface area contributed by atoms with E-state index in [9.17, 15) is 0 Å². The molecule has 0 atom stereocenters. The Morgan fingerprint density at radius 3 is 2.45 bits per heavy atom. The van der Waals surface area contributed by atoms with Gasteiger partial charge >= 0.3 is 0 Å². The quantitative estimate of drug-likeness (QED) is 0.753. The standard InChI is InChI=1S/C17H14ClNO/c18-13-4-3-5-14(10-13)20-17-9-8-12(11-19)15-6-1-2-7-16(15)17/h1-10H,11,19H2. The van der Waals surface area contributed by atoms with Crippen molar-refractivity contribution >= 4 is 22.4 Å². The van der Waals surface area contributed by atoms with Gasteiger partial charge in [-0.25, -0.2) is 0 Å². The molecule has 0 aliphatic rings. The molecule has 0 aliphatic heterocycles. The Morgan fingerprint density at radius 2 is 1.70 bits per heavy atom. The van der Waals surface area contributed by atoms with Crippen LogP contribution in [0.1, 0.15) is 5.56 Å². The number of ether oxygens (including phenoxy) is 1. The van der Waals surface area contributed by atoms with Crippen LogP contribution in [0, 0.1) is 0 Å². The maximum absolute atomic E-state index is 5.98. The third-order valence-electron chi connectivity index (χ3n) is 3.22. The lowest BCUT2D eigenvalue weighted by atomic mass is 10.0. The zero-order valence-corrected chi connectivity index (χ0v) is 11.6. The van der Waals surface area contributed by atoms with Gasteiger partial charge in [0.05, 0.1) is 0 Å². The van der Waals surface area contributed by atoms with Crippen LogP contribution < -0.4 is 10.5 Å². The van der Waals surface area contributed by atoms with E-state index in [1.807, 2.05) is 48.5 Å². The normalized spacial score (nSPS) is 10.7. The molecule has 0 bridgehead atoms. The second-order valence-corrected chi connectivity index (χ2v) is 4.97. The van der Waals surface area contributed by atoms with Crippen LogP contribution in [0.4, 0.5) is 0 Å². The molecule has 100 valence electrons. The average molecular weight is 284 g/mol. The Labute approximate surface area is 122 Å². The molecule has 3 aromatic carbocycles. The summed E-state index contributed by atoms with van der Waals surface area (Å²) in [4.78, 5) is 0. The molecule has 0 amide bonds. The van der Waals surface area contributed by atoms with Gasteiger partial charge in [-0.2, -0.15) is 0 Å². The summed E-state index contributed by atoms with van der Waals surface area (Å²) < 4.78 is 5.95. The van der Waals surface area contributed by atoms with Crippen LogP contribution in [0.2, 0.25) is 5.02 Å². The SMILES string of the molecule is NCc1ccc(Oc2cccc(Cl)c2)c2ccccc12. The zero-order chi connectivity index (χ0) is 13.9. The van der Waals surface area contributed by atoms with Gasteiger partial charge in [-0.3, -0.25) is 0 Å². The number of hydrogen-bond donors (Lipinski definition) is 1. The highest BCUT2D eigenvalue weighted by atomic mass is 35.5. The molecule has 2 nitrogen and oxygen atoms in total. The van der Waals surface area contributed by atoms with Crippen molar-refractivity contribution in [1.29, 1.82) is 0 Å². The number of rotatable bonds is 3. The minimum Gasteiger partial charge on any atom is -0.457 e. The Hall–Kier alpha value is -2.03. The zero-order valence-electron chi connectivity index (χ0n) is 10.8. The van der Waals surface area contributed by atoms with E-state index in [4.69, 9.17) is 22.1 Å². The van der Waals surface area contributed by atoms with E-state index in [0.29, 0.717) is 11.6 Å². The molecule has 0 saturated heterocycles.